The summed E-state index contributed by atoms with van der Waals surface area (Å²) in [6.45, 7) is 13.6. The van der Waals surface area contributed by atoms with E-state index in [-0.39, 0.29) is 18.0 Å². The third kappa shape index (κ3) is 1.77. The van der Waals surface area contributed by atoms with Crippen LogP contribution in [0.5, 0.6) is 0 Å². The molecule has 0 saturated carbocycles. The Morgan fingerprint density at radius 3 is 1.75 bits per heavy atom. The molecule has 1 saturated heterocycles. The molecule has 0 bridgehead atoms. The van der Waals surface area contributed by atoms with Gasteiger partial charge in [-0.1, -0.05) is 19.6 Å². The summed E-state index contributed by atoms with van der Waals surface area (Å²) < 4.78 is 1.51. The number of urea groups is 1. The van der Waals surface area contributed by atoms with E-state index in [0.717, 1.165) is 0 Å². The summed E-state index contributed by atoms with van der Waals surface area (Å²) in [5, 5.41) is 0. The third-order valence-corrected chi connectivity index (χ3v) is 4.65. The van der Waals surface area contributed by atoms with Crippen LogP contribution in [0.25, 0.3) is 0 Å². The molecule has 0 aromatic rings. The van der Waals surface area contributed by atoms with Gasteiger partial charge >= 0.3 is 6.03 Å². The van der Waals surface area contributed by atoms with Gasteiger partial charge in [-0.15, -0.1) is 0 Å². The lowest BCUT2D eigenvalue weighted by Crippen LogP contribution is -2.51. The maximum absolute atomic E-state index is 12.3. The topological polar surface area (TPSA) is 40.6 Å². The molecule has 1 aliphatic rings. The van der Waals surface area contributed by atoms with Crippen molar-refractivity contribution < 1.29 is 9.59 Å². The number of hydrogen-bond acceptors (Lipinski definition) is 2. The molecule has 1 aliphatic heterocycles. The minimum atomic E-state index is -1.93. The quantitative estimate of drug-likeness (QED) is 0.550. The lowest BCUT2D eigenvalue weighted by atomic mass is 10.0. The second-order valence-corrected chi connectivity index (χ2v) is 10.9. The zero-order valence-electron chi connectivity index (χ0n) is 11.3. The Morgan fingerprint density at radius 2 is 1.56 bits per heavy atom. The highest BCUT2D eigenvalue weighted by atomic mass is 28.3. The van der Waals surface area contributed by atoms with Gasteiger partial charge in [0.1, 0.15) is 5.54 Å². The van der Waals surface area contributed by atoms with E-state index in [4.69, 9.17) is 0 Å². The van der Waals surface area contributed by atoms with E-state index in [1.54, 1.807) is 4.90 Å². The lowest BCUT2D eigenvalue weighted by Gasteiger charge is -2.31. The molecule has 5 heteroatoms. The SMILES string of the molecule is CC(C)N1C(=O)N([Si](C)(C)C)C(=O)C1(C)C. The van der Waals surface area contributed by atoms with Crippen LogP contribution >= 0.6 is 0 Å². The molecule has 1 rings (SSSR count). The van der Waals surface area contributed by atoms with Crippen molar-refractivity contribution in [3.63, 3.8) is 0 Å². The third-order valence-electron chi connectivity index (χ3n) is 2.91. The maximum atomic E-state index is 12.3. The highest BCUT2D eigenvalue weighted by molar-refractivity contribution is 6.78. The van der Waals surface area contributed by atoms with Crippen LogP contribution in [0.2, 0.25) is 19.6 Å². The zero-order valence-corrected chi connectivity index (χ0v) is 12.3. The van der Waals surface area contributed by atoms with E-state index in [1.165, 1.54) is 4.57 Å². The number of carbonyl (C=O) groups excluding carboxylic acids is 2. The summed E-state index contributed by atoms with van der Waals surface area (Å²) >= 11 is 0. The van der Waals surface area contributed by atoms with Gasteiger partial charge in [0.25, 0.3) is 0 Å². The van der Waals surface area contributed by atoms with Crippen LogP contribution in [0.15, 0.2) is 0 Å². The van der Waals surface area contributed by atoms with Gasteiger partial charge in [-0.25, -0.2) is 4.79 Å². The van der Waals surface area contributed by atoms with E-state index in [0.29, 0.717) is 0 Å². The van der Waals surface area contributed by atoms with Crippen molar-refractivity contribution in [1.82, 2.24) is 9.47 Å². The fourth-order valence-electron chi connectivity index (χ4n) is 2.27. The average Bonchev–Trinajstić information content (AvgIpc) is 2.16. The Hall–Kier alpha value is -0.843. The smallest absolute Gasteiger partial charge is 0.308 e. The van der Waals surface area contributed by atoms with E-state index < -0.39 is 13.8 Å². The van der Waals surface area contributed by atoms with Crippen LogP contribution in [0.4, 0.5) is 4.79 Å². The Kier molecular flexibility index (Phi) is 2.96. The fraction of sp³-hybridized carbons (Fsp3) is 0.818. The summed E-state index contributed by atoms with van der Waals surface area (Å²) in [6, 6.07) is -0.0723. The Bertz CT molecular complexity index is 331. The number of imide groups is 1. The molecule has 92 valence electrons. The van der Waals surface area contributed by atoms with Crippen LogP contribution in [-0.2, 0) is 4.79 Å². The summed E-state index contributed by atoms with van der Waals surface area (Å²) in [6.07, 6.45) is 0. The number of nitrogens with zero attached hydrogens (tertiary/aromatic N) is 2. The molecule has 3 amide bonds. The van der Waals surface area contributed by atoms with Crippen molar-refractivity contribution >= 4 is 20.2 Å². The van der Waals surface area contributed by atoms with Crippen molar-refractivity contribution in [2.75, 3.05) is 0 Å². The largest absolute Gasteiger partial charge is 0.319 e. The van der Waals surface area contributed by atoms with Gasteiger partial charge in [-0.2, -0.15) is 0 Å². The van der Waals surface area contributed by atoms with Gasteiger partial charge in [0.05, 0.1) is 0 Å². The molecular formula is C11H22N2O2Si. The fourth-order valence-corrected chi connectivity index (χ4v) is 3.83. The molecule has 4 nitrogen and oxygen atoms in total. The van der Waals surface area contributed by atoms with Crippen molar-refractivity contribution in [2.45, 2.75) is 58.9 Å². The number of amides is 3. The normalized spacial score (nSPS) is 21.2. The number of rotatable bonds is 2. The van der Waals surface area contributed by atoms with Gasteiger partial charge in [0, 0.05) is 6.04 Å². The van der Waals surface area contributed by atoms with Gasteiger partial charge in [0.2, 0.25) is 5.91 Å². The predicted molar refractivity (Wildman–Crippen MR) is 66.6 cm³/mol. The van der Waals surface area contributed by atoms with Crippen molar-refractivity contribution in [2.24, 2.45) is 0 Å². The van der Waals surface area contributed by atoms with E-state index in [1.807, 2.05) is 47.3 Å². The van der Waals surface area contributed by atoms with E-state index >= 15 is 0 Å². The van der Waals surface area contributed by atoms with Crippen LogP contribution < -0.4 is 0 Å². The highest BCUT2D eigenvalue weighted by Gasteiger charge is 2.55. The molecule has 0 atom stereocenters. The lowest BCUT2D eigenvalue weighted by molar-refractivity contribution is -0.129. The molecule has 0 aliphatic carbocycles. The Labute approximate surface area is 98.7 Å². The van der Waals surface area contributed by atoms with Gasteiger partial charge in [0.15, 0.2) is 8.24 Å². The molecule has 0 aromatic carbocycles. The zero-order chi connectivity index (χ0) is 12.9. The van der Waals surface area contributed by atoms with E-state index in [2.05, 4.69) is 0 Å². The average molecular weight is 242 g/mol. The molecule has 0 N–H and O–H groups in total. The molecule has 0 aromatic heterocycles. The standard InChI is InChI=1S/C11H22N2O2Si/c1-8(2)12-10(15)13(16(5,6)7)9(14)11(12,3)4/h8H,1-7H3. The van der Waals surface area contributed by atoms with Crippen LogP contribution in [0.3, 0.4) is 0 Å². The van der Waals surface area contributed by atoms with Crippen molar-refractivity contribution in [1.29, 1.82) is 0 Å². The minimum absolute atomic E-state index is 0.0489. The molecule has 16 heavy (non-hydrogen) atoms. The number of hydrogen-bond donors (Lipinski definition) is 0. The van der Waals surface area contributed by atoms with Crippen LogP contribution in [-0.4, -0.2) is 41.2 Å². The molecule has 0 radical (unpaired) electrons. The van der Waals surface area contributed by atoms with E-state index in [9.17, 15) is 9.59 Å². The van der Waals surface area contributed by atoms with Crippen molar-refractivity contribution in [3.05, 3.63) is 0 Å². The Balaban J connectivity index is 3.23. The molecule has 1 heterocycles. The van der Waals surface area contributed by atoms with Gasteiger partial charge < -0.3 is 4.90 Å². The molecule has 0 spiro atoms. The minimum Gasteiger partial charge on any atom is -0.308 e. The molecular weight excluding hydrogens is 220 g/mol. The Morgan fingerprint density at radius 1 is 1.12 bits per heavy atom. The van der Waals surface area contributed by atoms with Crippen LogP contribution in [0, 0.1) is 0 Å². The second kappa shape index (κ2) is 3.58. The summed E-state index contributed by atoms with van der Waals surface area (Å²) in [4.78, 5) is 26.3. The van der Waals surface area contributed by atoms with Gasteiger partial charge in [-0.3, -0.25) is 9.36 Å². The van der Waals surface area contributed by atoms with Gasteiger partial charge in [-0.05, 0) is 27.7 Å². The summed E-state index contributed by atoms with van der Waals surface area (Å²) in [7, 11) is -1.93. The summed E-state index contributed by atoms with van der Waals surface area (Å²) in [5.41, 5.74) is -0.703. The first-order chi connectivity index (χ1) is 7.01. The monoisotopic (exact) mass is 242 g/mol. The second-order valence-electron chi connectivity index (χ2n) is 6.12. The predicted octanol–water partition coefficient (Wildman–Crippen LogP) is 2.27. The number of carbonyl (C=O) groups is 2. The highest BCUT2D eigenvalue weighted by Crippen LogP contribution is 2.32. The maximum Gasteiger partial charge on any atom is 0.319 e. The first-order valence-corrected chi connectivity index (χ1v) is 9.14. The first-order valence-electron chi connectivity index (χ1n) is 5.69. The first kappa shape index (κ1) is 13.2. The van der Waals surface area contributed by atoms with Crippen LogP contribution in [0.1, 0.15) is 27.7 Å². The molecule has 1 fully saturated rings. The molecule has 0 unspecified atom stereocenters. The van der Waals surface area contributed by atoms with Crippen molar-refractivity contribution in [3.8, 4) is 0 Å². The summed E-state index contributed by atoms with van der Waals surface area (Å²) in [5.74, 6) is -0.0506.